The van der Waals surface area contributed by atoms with Crippen molar-refractivity contribution in [2.45, 2.75) is 44.4 Å². The van der Waals surface area contributed by atoms with Gasteiger partial charge in [0, 0.05) is 25.8 Å². The van der Waals surface area contributed by atoms with Crippen LogP contribution in [0, 0.1) is 5.82 Å². The molecule has 32 heavy (non-hydrogen) atoms. The SMILES string of the molecule is CO[C@H](CO[Si](c1ccccc1)(c1ccccc1)C(C)(C)C)[C@H](N)Cc1ncccc1F. The van der Waals surface area contributed by atoms with Crippen molar-refractivity contribution in [3.63, 3.8) is 0 Å². The molecule has 4 nitrogen and oxygen atoms in total. The lowest BCUT2D eigenvalue weighted by molar-refractivity contribution is 0.0361. The molecule has 0 bridgehead atoms. The van der Waals surface area contributed by atoms with Crippen LogP contribution in [0.15, 0.2) is 79.0 Å². The van der Waals surface area contributed by atoms with Gasteiger partial charge in [0.05, 0.1) is 18.4 Å². The molecule has 3 rings (SSSR count). The van der Waals surface area contributed by atoms with E-state index in [9.17, 15) is 4.39 Å². The molecule has 2 atom stereocenters. The third kappa shape index (κ3) is 5.15. The van der Waals surface area contributed by atoms with Crippen LogP contribution in [-0.2, 0) is 15.6 Å². The van der Waals surface area contributed by atoms with E-state index in [2.05, 4.69) is 74.3 Å². The Bertz CT molecular complexity index is 940. The van der Waals surface area contributed by atoms with Gasteiger partial charge in [-0.1, -0.05) is 81.4 Å². The predicted octanol–water partition coefficient (Wildman–Crippen LogP) is 3.68. The standard InChI is InChI=1S/C26H33FN2O2Si/c1-26(2,3)32(20-12-7-5-8-13-20,21-14-9-6-10-15-21)31-19-25(30-4)23(28)18-24-22(27)16-11-17-29-24/h5-17,23,25H,18-19,28H2,1-4H3/t23-,25-/m1/s1. The van der Waals surface area contributed by atoms with Crippen LogP contribution in [0.3, 0.4) is 0 Å². The maximum Gasteiger partial charge on any atom is 0.261 e. The number of hydrogen-bond acceptors (Lipinski definition) is 4. The summed E-state index contributed by atoms with van der Waals surface area (Å²) >= 11 is 0. The van der Waals surface area contributed by atoms with Gasteiger partial charge in [-0.15, -0.1) is 0 Å². The number of pyridine rings is 1. The monoisotopic (exact) mass is 452 g/mol. The first-order chi connectivity index (χ1) is 15.3. The Labute approximate surface area is 191 Å². The zero-order valence-electron chi connectivity index (χ0n) is 19.3. The molecule has 6 heteroatoms. The molecule has 0 fully saturated rings. The van der Waals surface area contributed by atoms with Crippen LogP contribution in [0.4, 0.5) is 4.39 Å². The van der Waals surface area contributed by atoms with Crippen molar-refractivity contribution in [3.05, 3.63) is 90.5 Å². The van der Waals surface area contributed by atoms with E-state index in [0.29, 0.717) is 12.3 Å². The van der Waals surface area contributed by atoms with Crippen LogP contribution in [0.1, 0.15) is 26.5 Å². The Kier molecular flexibility index (Phi) is 7.95. The summed E-state index contributed by atoms with van der Waals surface area (Å²) in [6, 6.07) is 23.4. The topological polar surface area (TPSA) is 57.4 Å². The molecule has 0 spiro atoms. The molecule has 2 N–H and O–H groups in total. The fourth-order valence-corrected chi connectivity index (χ4v) is 8.83. The summed E-state index contributed by atoms with van der Waals surface area (Å²) in [7, 11) is -1.08. The van der Waals surface area contributed by atoms with Crippen molar-refractivity contribution >= 4 is 18.7 Å². The van der Waals surface area contributed by atoms with E-state index in [-0.39, 0.29) is 17.3 Å². The summed E-state index contributed by atoms with van der Waals surface area (Å²) in [5, 5.41) is 2.24. The first-order valence-corrected chi connectivity index (χ1v) is 12.8. The minimum atomic E-state index is -2.70. The maximum absolute atomic E-state index is 14.1. The van der Waals surface area contributed by atoms with E-state index < -0.39 is 20.5 Å². The first-order valence-electron chi connectivity index (χ1n) is 10.9. The van der Waals surface area contributed by atoms with Crippen LogP contribution in [0.2, 0.25) is 5.04 Å². The summed E-state index contributed by atoms with van der Waals surface area (Å²) in [6.45, 7) is 6.98. The predicted molar refractivity (Wildman–Crippen MR) is 130 cm³/mol. The van der Waals surface area contributed by atoms with Crippen molar-refractivity contribution in [1.29, 1.82) is 0 Å². The summed E-state index contributed by atoms with van der Waals surface area (Å²) in [4.78, 5) is 4.14. The second kappa shape index (κ2) is 10.5. The molecule has 2 aromatic carbocycles. The Balaban J connectivity index is 1.93. The Morgan fingerprint density at radius 3 is 1.97 bits per heavy atom. The van der Waals surface area contributed by atoms with Gasteiger partial charge >= 0.3 is 0 Å². The molecule has 3 aromatic rings. The highest BCUT2D eigenvalue weighted by Gasteiger charge is 2.50. The second-order valence-electron chi connectivity index (χ2n) is 9.05. The normalized spacial score (nSPS) is 14.2. The van der Waals surface area contributed by atoms with E-state index in [1.165, 1.54) is 16.4 Å². The van der Waals surface area contributed by atoms with Gasteiger partial charge < -0.3 is 14.9 Å². The highest BCUT2D eigenvalue weighted by molar-refractivity contribution is 6.99. The zero-order valence-corrected chi connectivity index (χ0v) is 20.3. The van der Waals surface area contributed by atoms with Gasteiger partial charge in [0.25, 0.3) is 8.32 Å². The van der Waals surface area contributed by atoms with Crippen LogP contribution < -0.4 is 16.1 Å². The molecule has 0 aliphatic rings. The maximum atomic E-state index is 14.1. The van der Waals surface area contributed by atoms with Crippen LogP contribution in [0.25, 0.3) is 0 Å². The van der Waals surface area contributed by atoms with E-state index in [4.69, 9.17) is 14.9 Å². The van der Waals surface area contributed by atoms with Crippen molar-refractivity contribution in [2.75, 3.05) is 13.7 Å². The van der Waals surface area contributed by atoms with E-state index >= 15 is 0 Å². The number of benzene rings is 2. The third-order valence-corrected chi connectivity index (χ3v) is 10.9. The number of methoxy groups -OCH3 is 1. The van der Waals surface area contributed by atoms with Gasteiger partial charge in [0.2, 0.25) is 0 Å². The van der Waals surface area contributed by atoms with Crippen molar-refractivity contribution < 1.29 is 13.6 Å². The highest BCUT2D eigenvalue weighted by Crippen LogP contribution is 2.37. The van der Waals surface area contributed by atoms with E-state index in [0.717, 1.165) is 0 Å². The van der Waals surface area contributed by atoms with E-state index in [1.807, 2.05) is 12.1 Å². The van der Waals surface area contributed by atoms with Gasteiger partial charge in [0.15, 0.2) is 0 Å². The highest BCUT2D eigenvalue weighted by atomic mass is 28.4. The largest absolute Gasteiger partial charge is 0.405 e. The summed E-state index contributed by atoms with van der Waals surface area (Å²) in [5.74, 6) is -0.356. The van der Waals surface area contributed by atoms with Crippen LogP contribution in [-0.4, -0.2) is 39.2 Å². The van der Waals surface area contributed by atoms with Crippen LogP contribution >= 0.6 is 0 Å². The number of nitrogens with two attached hydrogens (primary N) is 1. The fraction of sp³-hybridized carbons (Fsp3) is 0.346. The number of nitrogens with zero attached hydrogens (tertiary/aromatic N) is 1. The lowest BCUT2D eigenvalue weighted by Crippen LogP contribution is -2.67. The van der Waals surface area contributed by atoms with E-state index in [1.54, 1.807) is 19.4 Å². The molecular formula is C26H33FN2O2Si. The van der Waals surface area contributed by atoms with Crippen LogP contribution in [0.5, 0.6) is 0 Å². The Hall–Kier alpha value is -2.38. The van der Waals surface area contributed by atoms with Crippen molar-refractivity contribution in [2.24, 2.45) is 5.73 Å². The molecular weight excluding hydrogens is 419 g/mol. The lowest BCUT2D eigenvalue weighted by atomic mass is 10.1. The van der Waals surface area contributed by atoms with Gasteiger partial charge in [0.1, 0.15) is 5.82 Å². The molecule has 170 valence electrons. The molecule has 1 heterocycles. The minimum Gasteiger partial charge on any atom is -0.405 e. The molecule has 0 radical (unpaired) electrons. The molecule has 0 aliphatic heterocycles. The fourth-order valence-electron chi connectivity index (χ4n) is 4.26. The minimum absolute atomic E-state index is 0.148. The quantitative estimate of drug-likeness (QED) is 0.503. The molecule has 0 saturated heterocycles. The average molecular weight is 453 g/mol. The van der Waals surface area contributed by atoms with Gasteiger partial charge in [-0.05, 0) is 27.5 Å². The molecule has 0 unspecified atom stereocenters. The number of rotatable bonds is 9. The molecule has 0 amide bonds. The second-order valence-corrected chi connectivity index (χ2v) is 13.4. The lowest BCUT2D eigenvalue weighted by Gasteiger charge is -2.44. The smallest absolute Gasteiger partial charge is 0.261 e. The summed E-state index contributed by atoms with van der Waals surface area (Å²) in [6.07, 6.45) is 1.44. The van der Waals surface area contributed by atoms with Gasteiger partial charge in [-0.2, -0.15) is 0 Å². The van der Waals surface area contributed by atoms with Crippen molar-refractivity contribution in [1.82, 2.24) is 4.98 Å². The number of aromatic nitrogens is 1. The Morgan fingerprint density at radius 2 is 1.50 bits per heavy atom. The van der Waals surface area contributed by atoms with Crippen molar-refractivity contribution in [3.8, 4) is 0 Å². The third-order valence-electron chi connectivity index (χ3n) is 5.92. The zero-order chi connectivity index (χ0) is 23.2. The molecule has 0 aliphatic carbocycles. The number of hydrogen-bond donors (Lipinski definition) is 1. The first kappa shape index (κ1) is 24.3. The van der Waals surface area contributed by atoms with Gasteiger partial charge in [-0.25, -0.2) is 4.39 Å². The van der Waals surface area contributed by atoms with Gasteiger partial charge in [-0.3, -0.25) is 4.98 Å². The molecule has 1 aromatic heterocycles. The summed E-state index contributed by atoms with van der Waals surface area (Å²) < 4.78 is 26.8. The number of ether oxygens (including phenoxy) is 1. The summed E-state index contributed by atoms with van der Waals surface area (Å²) in [5.41, 5.74) is 6.79. The average Bonchev–Trinajstić information content (AvgIpc) is 2.79. The molecule has 0 saturated carbocycles. The number of halogens is 1. The Morgan fingerprint density at radius 1 is 0.938 bits per heavy atom.